The maximum atomic E-state index is 12.9. The van der Waals surface area contributed by atoms with Gasteiger partial charge in [-0.25, -0.2) is 9.97 Å². The standard InChI is InChI=1S/C17H20N4O2/c1-20(2)10-15-11-23-16-6-4-3-5-13(16)9-21(15)17(22)14-7-18-12-19-8-14/h3-8,12,15H,9-11H2,1-2H3/t15-/m0/s1. The SMILES string of the molecule is CN(C)C[C@H]1COc2ccccc2CN1C(=O)c1cncnc1. The van der Waals surface area contributed by atoms with E-state index in [9.17, 15) is 4.79 Å². The number of carbonyl (C=O) groups excluding carboxylic acids is 1. The summed E-state index contributed by atoms with van der Waals surface area (Å²) in [5.74, 6) is 0.772. The fourth-order valence-corrected chi connectivity index (χ4v) is 2.75. The first-order chi connectivity index (χ1) is 11.1. The topological polar surface area (TPSA) is 58.6 Å². The molecule has 6 heteroatoms. The lowest BCUT2D eigenvalue weighted by molar-refractivity contribution is 0.0582. The Balaban J connectivity index is 1.93. The fraction of sp³-hybridized carbons (Fsp3) is 0.353. The van der Waals surface area contributed by atoms with Crippen LogP contribution in [0.25, 0.3) is 0 Å². The lowest BCUT2D eigenvalue weighted by Gasteiger charge is -2.31. The highest BCUT2D eigenvalue weighted by atomic mass is 16.5. The first kappa shape index (κ1) is 15.4. The number of rotatable bonds is 3. The predicted octanol–water partition coefficient (Wildman–Crippen LogP) is 1.44. The van der Waals surface area contributed by atoms with Crippen molar-refractivity contribution in [2.75, 3.05) is 27.2 Å². The average Bonchev–Trinajstić information content (AvgIpc) is 2.74. The monoisotopic (exact) mass is 312 g/mol. The summed E-state index contributed by atoms with van der Waals surface area (Å²) in [6, 6.07) is 7.81. The molecule has 1 aromatic heterocycles. The van der Waals surface area contributed by atoms with Crippen LogP contribution in [-0.4, -0.2) is 59.0 Å². The van der Waals surface area contributed by atoms with Crippen LogP contribution in [0, 0.1) is 0 Å². The molecule has 3 rings (SSSR count). The highest BCUT2D eigenvalue weighted by Crippen LogP contribution is 2.26. The van der Waals surface area contributed by atoms with Crippen LogP contribution in [0.15, 0.2) is 43.0 Å². The van der Waals surface area contributed by atoms with Gasteiger partial charge in [-0.1, -0.05) is 18.2 Å². The molecule has 1 atom stereocenters. The second-order valence-electron chi connectivity index (χ2n) is 5.90. The largest absolute Gasteiger partial charge is 0.491 e. The van der Waals surface area contributed by atoms with Crippen molar-refractivity contribution >= 4 is 5.91 Å². The van der Waals surface area contributed by atoms with E-state index >= 15 is 0 Å². The van der Waals surface area contributed by atoms with Gasteiger partial charge in [0.15, 0.2) is 0 Å². The van der Waals surface area contributed by atoms with E-state index in [0.717, 1.165) is 17.9 Å². The zero-order valence-corrected chi connectivity index (χ0v) is 13.3. The number of fused-ring (bicyclic) bond motifs is 1. The first-order valence-electron chi connectivity index (χ1n) is 7.56. The number of aromatic nitrogens is 2. The van der Waals surface area contributed by atoms with Crippen LogP contribution in [0.2, 0.25) is 0 Å². The van der Waals surface area contributed by atoms with E-state index in [2.05, 4.69) is 14.9 Å². The van der Waals surface area contributed by atoms with Gasteiger partial charge in [-0.2, -0.15) is 0 Å². The van der Waals surface area contributed by atoms with Crippen molar-refractivity contribution in [1.29, 1.82) is 0 Å². The van der Waals surface area contributed by atoms with Crippen LogP contribution < -0.4 is 4.74 Å². The van der Waals surface area contributed by atoms with Gasteiger partial charge in [0.1, 0.15) is 18.7 Å². The van der Waals surface area contributed by atoms with Crippen molar-refractivity contribution < 1.29 is 9.53 Å². The number of ether oxygens (including phenoxy) is 1. The van der Waals surface area contributed by atoms with E-state index in [1.54, 1.807) is 12.4 Å². The number of amides is 1. The lowest BCUT2D eigenvalue weighted by Crippen LogP contribution is -2.47. The molecule has 1 aromatic carbocycles. The van der Waals surface area contributed by atoms with Crippen LogP contribution in [0.1, 0.15) is 15.9 Å². The first-order valence-corrected chi connectivity index (χ1v) is 7.56. The number of hydrogen-bond donors (Lipinski definition) is 0. The number of benzene rings is 1. The van der Waals surface area contributed by atoms with Crippen molar-refractivity contribution in [2.24, 2.45) is 0 Å². The molecule has 0 aliphatic carbocycles. The summed E-state index contributed by atoms with van der Waals surface area (Å²) in [6.45, 7) is 1.71. The number of hydrogen-bond acceptors (Lipinski definition) is 5. The zero-order chi connectivity index (χ0) is 16.2. The molecule has 0 unspecified atom stereocenters. The van der Waals surface area contributed by atoms with Crippen molar-refractivity contribution in [3.8, 4) is 5.75 Å². The van der Waals surface area contributed by atoms with E-state index in [-0.39, 0.29) is 11.9 Å². The molecule has 6 nitrogen and oxygen atoms in total. The summed E-state index contributed by atoms with van der Waals surface area (Å²) in [6.07, 6.45) is 4.54. The average molecular weight is 312 g/mol. The van der Waals surface area contributed by atoms with Crippen LogP contribution in [-0.2, 0) is 6.54 Å². The van der Waals surface area contributed by atoms with Gasteiger partial charge in [0.25, 0.3) is 5.91 Å². The van der Waals surface area contributed by atoms with Gasteiger partial charge in [0.05, 0.1) is 18.2 Å². The molecule has 0 saturated heterocycles. The lowest BCUT2D eigenvalue weighted by atomic mass is 10.1. The van der Waals surface area contributed by atoms with Gasteiger partial charge in [0.2, 0.25) is 0 Å². The molecule has 23 heavy (non-hydrogen) atoms. The zero-order valence-electron chi connectivity index (χ0n) is 13.3. The van der Waals surface area contributed by atoms with E-state index in [1.807, 2.05) is 43.3 Å². The molecule has 0 spiro atoms. The Morgan fingerprint density at radius 1 is 1.30 bits per heavy atom. The maximum absolute atomic E-state index is 12.9. The second-order valence-corrected chi connectivity index (χ2v) is 5.90. The molecule has 2 aromatic rings. The smallest absolute Gasteiger partial charge is 0.257 e. The predicted molar refractivity (Wildman–Crippen MR) is 86.2 cm³/mol. The summed E-state index contributed by atoms with van der Waals surface area (Å²) in [4.78, 5) is 24.7. The van der Waals surface area contributed by atoms with Crippen molar-refractivity contribution in [3.63, 3.8) is 0 Å². The third kappa shape index (κ3) is 3.48. The minimum absolute atomic E-state index is 0.0369. The Morgan fingerprint density at radius 2 is 2.04 bits per heavy atom. The molecule has 1 aliphatic rings. The third-order valence-corrected chi connectivity index (χ3v) is 3.83. The molecule has 0 bridgehead atoms. The fourth-order valence-electron chi connectivity index (χ4n) is 2.75. The van der Waals surface area contributed by atoms with Crippen molar-refractivity contribution in [3.05, 3.63) is 54.1 Å². The van der Waals surface area contributed by atoms with Gasteiger partial charge in [0, 0.05) is 24.5 Å². The number of carbonyl (C=O) groups is 1. The summed E-state index contributed by atoms with van der Waals surface area (Å²) in [5, 5.41) is 0. The Bertz CT molecular complexity index is 675. The van der Waals surface area contributed by atoms with Gasteiger partial charge in [-0.3, -0.25) is 4.79 Å². The summed E-state index contributed by atoms with van der Waals surface area (Å²) >= 11 is 0. The van der Waals surface area contributed by atoms with Crippen LogP contribution in [0.3, 0.4) is 0 Å². The molecule has 1 aliphatic heterocycles. The normalized spacial score (nSPS) is 17.3. The summed E-state index contributed by atoms with van der Waals surface area (Å²) in [5.41, 5.74) is 1.51. The molecule has 2 heterocycles. The van der Waals surface area contributed by atoms with Gasteiger partial charge in [-0.05, 0) is 20.2 Å². The van der Waals surface area contributed by atoms with E-state index < -0.39 is 0 Å². The Morgan fingerprint density at radius 3 is 2.78 bits per heavy atom. The third-order valence-electron chi connectivity index (χ3n) is 3.83. The quantitative estimate of drug-likeness (QED) is 0.858. The summed E-state index contributed by atoms with van der Waals surface area (Å²) in [7, 11) is 3.98. The van der Waals surface area contributed by atoms with Crippen molar-refractivity contribution in [2.45, 2.75) is 12.6 Å². The number of likely N-dealkylation sites (N-methyl/N-ethyl adjacent to an activating group) is 1. The molecule has 0 saturated carbocycles. The van der Waals surface area contributed by atoms with Crippen LogP contribution in [0.4, 0.5) is 0 Å². The van der Waals surface area contributed by atoms with Gasteiger partial charge < -0.3 is 14.5 Å². The molecule has 0 radical (unpaired) electrons. The summed E-state index contributed by atoms with van der Waals surface area (Å²) < 4.78 is 5.93. The molecular formula is C17H20N4O2. The minimum atomic E-state index is -0.0715. The number of nitrogens with zero attached hydrogens (tertiary/aromatic N) is 4. The maximum Gasteiger partial charge on any atom is 0.257 e. The molecule has 0 fully saturated rings. The van der Waals surface area contributed by atoms with Gasteiger partial charge >= 0.3 is 0 Å². The van der Waals surface area contributed by atoms with Crippen molar-refractivity contribution in [1.82, 2.24) is 19.8 Å². The molecular weight excluding hydrogens is 292 g/mol. The Hall–Kier alpha value is -2.47. The van der Waals surface area contributed by atoms with Gasteiger partial charge in [-0.15, -0.1) is 0 Å². The Kier molecular flexibility index (Phi) is 4.52. The second kappa shape index (κ2) is 6.75. The molecule has 0 N–H and O–H groups in total. The highest BCUT2D eigenvalue weighted by Gasteiger charge is 2.29. The number of para-hydroxylation sites is 1. The van der Waals surface area contributed by atoms with E-state index in [1.165, 1.54) is 6.33 Å². The Labute approximate surface area is 135 Å². The van der Waals surface area contributed by atoms with Crippen LogP contribution in [0.5, 0.6) is 5.75 Å². The minimum Gasteiger partial charge on any atom is -0.491 e. The highest BCUT2D eigenvalue weighted by molar-refractivity contribution is 5.93. The van der Waals surface area contributed by atoms with E-state index in [4.69, 9.17) is 4.74 Å². The molecule has 120 valence electrons. The molecule has 1 amide bonds. The van der Waals surface area contributed by atoms with E-state index in [0.29, 0.717) is 18.7 Å². The van der Waals surface area contributed by atoms with Crippen LogP contribution >= 0.6 is 0 Å².